The van der Waals surface area contributed by atoms with E-state index in [2.05, 4.69) is 27.5 Å². The molecule has 0 saturated heterocycles. The van der Waals surface area contributed by atoms with Crippen LogP contribution in [-0.2, 0) is 6.54 Å². The van der Waals surface area contributed by atoms with Crippen LogP contribution in [0.25, 0.3) is 0 Å². The zero-order chi connectivity index (χ0) is 15.1. The highest BCUT2D eigenvalue weighted by molar-refractivity contribution is 5.94. The first-order valence-electron chi connectivity index (χ1n) is 6.62. The van der Waals surface area contributed by atoms with Crippen molar-refractivity contribution in [3.05, 3.63) is 47.3 Å². The van der Waals surface area contributed by atoms with Gasteiger partial charge < -0.3 is 11.1 Å². The zero-order valence-electron chi connectivity index (χ0n) is 11.8. The standard InChI is InChI=1S/C15H17N5O/c1-12-9-13(3-2-4-16)11-14(10-12)15(21)17-5-7-20-8-6-18-19-20/h6,8-11H,4-5,7,16H2,1H3,(H,17,21). The maximum Gasteiger partial charge on any atom is 0.251 e. The number of carbonyl (C=O) groups excluding carboxylic acids is 1. The predicted molar refractivity (Wildman–Crippen MR) is 79.5 cm³/mol. The Kier molecular flexibility index (Phi) is 5.07. The van der Waals surface area contributed by atoms with Gasteiger partial charge in [0.2, 0.25) is 0 Å². The van der Waals surface area contributed by atoms with Crippen LogP contribution in [0, 0.1) is 18.8 Å². The van der Waals surface area contributed by atoms with Crippen molar-refractivity contribution in [1.29, 1.82) is 0 Å². The third kappa shape index (κ3) is 4.44. The van der Waals surface area contributed by atoms with E-state index in [1.54, 1.807) is 23.1 Å². The number of rotatable bonds is 4. The van der Waals surface area contributed by atoms with Gasteiger partial charge in [0.05, 0.1) is 19.3 Å². The van der Waals surface area contributed by atoms with Gasteiger partial charge in [0.1, 0.15) is 0 Å². The summed E-state index contributed by atoms with van der Waals surface area (Å²) in [4.78, 5) is 12.1. The second kappa shape index (κ2) is 7.22. The van der Waals surface area contributed by atoms with Gasteiger partial charge in [0.15, 0.2) is 0 Å². The highest BCUT2D eigenvalue weighted by Crippen LogP contribution is 2.09. The van der Waals surface area contributed by atoms with E-state index in [1.165, 1.54) is 0 Å². The van der Waals surface area contributed by atoms with Gasteiger partial charge in [-0.1, -0.05) is 17.1 Å². The molecule has 0 spiro atoms. The zero-order valence-corrected chi connectivity index (χ0v) is 11.8. The average Bonchev–Trinajstić information content (AvgIpc) is 2.97. The SMILES string of the molecule is Cc1cc(C#CCN)cc(C(=O)NCCn2ccnn2)c1. The molecule has 0 aliphatic heterocycles. The number of aryl methyl sites for hydroxylation is 1. The summed E-state index contributed by atoms with van der Waals surface area (Å²) in [5.41, 5.74) is 7.73. The van der Waals surface area contributed by atoms with Crippen LogP contribution in [-0.4, -0.2) is 34.0 Å². The van der Waals surface area contributed by atoms with Gasteiger partial charge in [-0.3, -0.25) is 9.48 Å². The van der Waals surface area contributed by atoms with E-state index in [4.69, 9.17) is 5.73 Å². The lowest BCUT2D eigenvalue weighted by molar-refractivity contribution is 0.0951. The first kappa shape index (κ1) is 14.8. The molecular formula is C15H17N5O. The first-order chi connectivity index (χ1) is 10.2. The van der Waals surface area contributed by atoms with Gasteiger partial charge in [0, 0.05) is 23.9 Å². The Balaban J connectivity index is 1.99. The second-order valence-corrected chi connectivity index (χ2v) is 4.52. The molecule has 0 bridgehead atoms. The largest absolute Gasteiger partial charge is 0.350 e. The van der Waals surface area contributed by atoms with Crippen molar-refractivity contribution in [2.75, 3.05) is 13.1 Å². The molecule has 0 atom stereocenters. The quantitative estimate of drug-likeness (QED) is 0.792. The van der Waals surface area contributed by atoms with Crippen LogP contribution >= 0.6 is 0 Å². The molecule has 2 aromatic rings. The first-order valence-corrected chi connectivity index (χ1v) is 6.62. The predicted octanol–water partition coefficient (Wildman–Crippen LogP) is 0.327. The number of carbonyl (C=O) groups is 1. The summed E-state index contributed by atoms with van der Waals surface area (Å²) in [6, 6.07) is 5.52. The lowest BCUT2D eigenvalue weighted by Gasteiger charge is -2.06. The Bertz CT molecular complexity index is 667. The van der Waals surface area contributed by atoms with Crippen LogP contribution in [0.4, 0.5) is 0 Å². The van der Waals surface area contributed by atoms with Crippen molar-refractivity contribution >= 4 is 5.91 Å². The van der Waals surface area contributed by atoms with Crippen molar-refractivity contribution in [2.45, 2.75) is 13.5 Å². The van der Waals surface area contributed by atoms with E-state index in [9.17, 15) is 4.79 Å². The highest BCUT2D eigenvalue weighted by atomic mass is 16.1. The minimum atomic E-state index is -0.130. The number of aromatic nitrogens is 3. The number of nitrogens with zero attached hydrogens (tertiary/aromatic N) is 3. The lowest BCUT2D eigenvalue weighted by Crippen LogP contribution is -2.27. The fraction of sp³-hybridized carbons (Fsp3) is 0.267. The molecule has 0 saturated carbocycles. The minimum absolute atomic E-state index is 0.130. The summed E-state index contributed by atoms with van der Waals surface area (Å²) in [6.07, 6.45) is 3.35. The molecule has 21 heavy (non-hydrogen) atoms. The molecule has 0 unspecified atom stereocenters. The summed E-state index contributed by atoms with van der Waals surface area (Å²) in [5.74, 6) is 5.60. The number of amides is 1. The highest BCUT2D eigenvalue weighted by Gasteiger charge is 2.06. The van der Waals surface area contributed by atoms with Crippen LogP contribution < -0.4 is 11.1 Å². The minimum Gasteiger partial charge on any atom is -0.350 e. The summed E-state index contributed by atoms with van der Waals surface area (Å²) in [7, 11) is 0. The molecular weight excluding hydrogens is 266 g/mol. The van der Waals surface area contributed by atoms with E-state index >= 15 is 0 Å². The normalized spacial score (nSPS) is 9.81. The van der Waals surface area contributed by atoms with Crippen molar-refractivity contribution in [1.82, 2.24) is 20.3 Å². The lowest BCUT2D eigenvalue weighted by atomic mass is 10.1. The number of nitrogens with two attached hydrogens (primary N) is 1. The van der Waals surface area contributed by atoms with Crippen molar-refractivity contribution in [3.8, 4) is 11.8 Å². The summed E-state index contributed by atoms with van der Waals surface area (Å²) in [5, 5.41) is 10.4. The smallest absolute Gasteiger partial charge is 0.251 e. The third-order valence-electron chi connectivity index (χ3n) is 2.77. The maximum atomic E-state index is 12.1. The number of hydrogen-bond acceptors (Lipinski definition) is 4. The molecule has 1 heterocycles. The van der Waals surface area contributed by atoms with Crippen LogP contribution in [0.5, 0.6) is 0 Å². The molecule has 0 fully saturated rings. The average molecular weight is 283 g/mol. The third-order valence-corrected chi connectivity index (χ3v) is 2.77. The molecule has 1 aromatic heterocycles. The van der Waals surface area contributed by atoms with Crippen LogP contribution in [0.2, 0.25) is 0 Å². The molecule has 0 aliphatic carbocycles. The monoisotopic (exact) mass is 283 g/mol. The summed E-state index contributed by atoms with van der Waals surface area (Å²) in [6.45, 7) is 3.30. The molecule has 2 rings (SSSR count). The Morgan fingerprint density at radius 1 is 1.43 bits per heavy atom. The van der Waals surface area contributed by atoms with Gasteiger partial charge in [-0.25, -0.2) is 0 Å². The number of benzene rings is 1. The summed E-state index contributed by atoms with van der Waals surface area (Å²) < 4.78 is 1.66. The molecule has 6 nitrogen and oxygen atoms in total. The van der Waals surface area contributed by atoms with Crippen molar-refractivity contribution in [3.63, 3.8) is 0 Å². The molecule has 1 aromatic carbocycles. The molecule has 1 amide bonds. The van der Waals surface area contributed by atoms with E-state index in [0.717, 1.165) is 11.1 Å². The molecule has 3 N–H and O–H groups in total. The molecule has 6 heteroatoms. The Hall–Kier alpha value is -2.65. The van der Waals surface area contributed by atoms with Gasteiger partial charge >= 0.3 is 0 Å². The summed E-state index contributed by atoms with van der Waals surface area (Å²) >= 11 is 0. The Morgan fingerprint density at radius 2 is 2.29 bits per heavy atom. The van der Waals surface area contributed by atoms with Crippen molar-refractivity contribution in [2.24, 2.45) is 5.73 Å². The topological polar surface area (TPSA) is 85.8 Å². The van der Waals surface area contributed by atoms with Gasteiger partial charge in [-0.15, -0.1) is 5.10 Å². The van der Waals surface area contributed by atoms with E-state index in [-0.39, 0.29) is 5.91 Å². The Morgan fingerprint density at radius 3 is 3.00 bits per heavy atom. The van der Waals surface area contributed by atoms with Gasteiger partial charge in [-0.05, 0) is 30.7 Å². The van der Waals surface area contributed by atoms with Gasteiger partial charge in [-0.2, -0.15) is 0 Å². The molecule has 0 radical (unpaired) electrons. The van der Waals surface area contributed by atoms with Crippen LogP contribution in [0.3, 0.4) is 0 Å². The fourth-order valence-corrected chi connectivity index (χ4v) is 1.88. The maximum absolute atomic E-state index is 12.1. The second-order valence-electron chi connectivity index (χ2n) is 4.52. The van der Waals surface area contributed by atoms with Gasteiger partial charge in [0.25, 0.3) is 5.91 Å². The van der Waals surface area contributed by atoms with Crippen molar-refractivity contribution < 1.29 is 4.79 Å². The van der Waals surface area contributed by atoms with Crippen LogP contribution in [0.1, 0.15) is 21.5 Å². The molecule has 108 valence electrons. The number of nitrogens with one attached hydrogen (secondary N) is 1. The molecule has 0 aliphatic rings. The number of hydrogen-bond donors (Lipinski definition) is 2. The fourth-order valence-electron chi connectivity index (χ4n) is 1.88. The van der Waals surface area contributed by atoms with E-state index in [0.29, 0.717) is 25.2 Å². The van der Waals surface area contributed by atoms with Crippen LogP contribution in [0.15, 0.2) is 30.6 Å². The van der Waals surface area contributed by atoms with E-state index < -0.39 is 0 Å². The van der Waals surface area contributed by atoms with E-state index in [1.807, 2.05) is 19.1 Å². The Labute approximate surface area is 123 Å².